The number of carbonyl (C=O) groups is 1. The molecular weight excluding hydrogens is 336 g/mol. The molecule has 0 spiro atoms. The number of rotatable bonds is 4. The summed E-state index contributed by atoms with van der Waals surface area (Å²) in [5.41, 5.74) is 6.35. The lowest BCUT2D eigenvalue weighted by Gasteiger charge is -2.05. The van der Waals surface area contributed by atoms with Crippen LogP contribution in [0.1, 0.15) is 48.5 Å². The van der Waals surface area contributed by atoms with Crippen LogP contribution in [0, 0.1) is 0 Å². The first kappa shape index (κ1) is 14.1. The van der Waals surface area contributed by atoms with Crippen molar-refractivity contribution >= 4 is 22.0 Å². The molecule has 0 aliphatic heterocycles. The molecule has 7 heteroatoms. The van der Waals surface area contributed by atoms with Crippen molar-refractivity contribution in [1.82, 2.24) is 15.5 Å². The van der Waals surface area contributed by atoms with Gasteiger partial charge in [-0.2, -0.15) is 4.98 Å². The fourth-order valence-corrected chi connectivity index (χ4v) is 2.66. The Hall–Kier alpha value is -1.89. The summed E-state index contributed by atoms with van der Waals surface area (Å²) >= 11 is 3.43. The highest BCUT2D eigenvalue weighted by molar-refractivity contribution is 9.10. The molecule has 3 rings (SSSR count). The molecule has 3 N–H and O–H groups in total. The molecule has 0 radical (unpaired) electrons. The number of carbonyl (C=O) groups excluding carboxylic acids is 1. The van der Waals surface area contributed by atoms with E-state index in [1.165, 1.54) is 5.56 Å². The summed E-state index contributed by atoms with van der Waals surface area (Å²) in [7, 11) is 0. The number of hydrogen-bond acceptors (Lipinski definition) is 4. The van der Waals surface area contributed by atoms with Gasteiger partial charge in [0.2, 0.25) is 5.89 Å². The first-order valence-electron chi connectivity index (χ1n) is 6.69. The van der Waals surface area contributed by atoms with E-state index in [2.05, 4.69) is 43.5 Å². The Morgan fingerprint density at radius 2 is 2.14 bits per heavy atom. The van der Waals surface area contributed by atoms with Crippen LogP contribution in [0.25, 0.3) is 0 Å². The molecule has 0 saturated heterocycles. The summed E-state index contributed by atoms with van der Waals surface area (Å²) < 4.78 is 6.37. The summed E-state index contributed by atoms with van der Waals surface area (Å²) in [5.74, 6) is 1.75. The highest BCUT2D eigenvalue weighted by atomic mass is 79.9. The highest BCUT2D eigenvalue weighted by Gasteiger charge is 2.43. The smallest absolute Gasteiger partial charge is 0.312 e. The average molecular weight is 351 g/mol. The monoisotopic (exact) mass is 350 g/mol. The van der Waals surface area contributed by atoms with Crippen LogP contribution in [-0.4, -0.2) is 16.2 Å². The minimum atomic E-state index is -0.604. The number of halogens is 1. The highest BCUT2D eigenvalue weighted by Crippen LogP contribution is 2.54. The fraction of sp³-hybridized carbons (Fsp3) is 0.357. The summed E-state index contributed by atoms with van der Waals surface area (Å²) in [6.45, 7) is 1.76. The van der Waals surface area contributed by atoms with Crippen molar-refractivity contribution < 1.29 is 9.32 Å². The Kier molecular flexibility index (Phi) is 3.67. The predicted octanol–water partition coefficient (Wildman–Crippen LogP) is 2.83. The van der Waals surface area contributed by atoms with Gasteiger partial charge in [-0.1, -0.05) is 33.2 Å². The standard InChI is InChI=1S/C14H15BrN4O2/c1-7(17-14(16)20)12-18-13(21-19-12)11-6-10(11)8-2-4-9(15)5-3-8/h2-5,7,10-11H,6H2,1H3,(H3,16,17,20). The lowest BCUT2D eigenvalue weighted by molar-refractivity contribution is 0.245. The normalized spacial score (nSPS) is 21.8. The Bertz CT molecular complexity index is 655. The molecule has 2 amide bonds. The predicted molar refractivity (Wildman–Crippen MR) is 79.7 cm³/mol. The van der Waals surface area contributed by atoms with Crippen molar-refractivity contribution in [2.75, 3.05) is 0 Å². The number of nitrogens with two attached hydrogens (primary N) is 1. The van der Waals surface area contributed by atoms with Gasteiger partial charge in [0.25, 0.3) is 0 Å². The summed E-state index contributed by atoms with van der Waals surface area (Å²) in [6.07, 6.45) is 1.00. The van der Waals surface area contributed by atoms with Crippen LogP contribution in [0.5, 0.6) is 0 Å². The molecule has 6 nitrogen and oxygen atoms in total. The Morgan fingerprint density at radius 3 is 2.81 bits per heavy atom. The van der Waals surface area contributed by atoms with Gasteiger partial charge in [-0.05, 0) is 37.0 Å². The van der Waals surface area contributed by atoms with Crippen LogP contribution < -0.4 is 11.1 Å². The van der Waals surface area contributed by atoms with Crippen molar-refractivity contribution in [2.24, 2.45) is 5.73 Å². The number of aromatic nitrogens is 2. The molecule has 1 fully saturated rings. The molecule has 1 saturated carbocycles. The fourth-order valence-electron chi connectivity index (χ4n) is 2.40. The minimum absolute atomic E-state index is 0.258. The molecule has 1 aromatic heterocycles. The molecule has 3 unspecified atom stereocenters. The lowest BCUT2D eigenvalue weighted by atomic mass is 10.1. The Balaban J connectivity index is 1.68. The second kappa shape index (κ2) is 5.48. The molecule has 2 aromatic rings. The van der Waals surface area contributed by atoms with Crippen LogP contribution >= 0.6 is 15.9 Å². The van der Waals surface area contributed by atoms with Crippen molar-refractivity contribution in [1.29, 1.82) is 0 Å². The minimum Gasteiger partial charge on any atom is -0.352 e. The largest absolute Gasteiger partial charge is 0.352 e. The van der Waals surface area contributed by atoms with Gasteiger partial charge in [-0.25, -0.2) is 4.79 Å². The van der Waals surface area contributed by atoms with Gasteiger partial charge >= 0.3 is 6.03 Å². The zero-order valence-corrected chi connectivity index (χ0v) is 13.0. The van der Waals surface area contributed by atoms with E-state index in [1.54, 1.807) is 6.92 Å². The Morgan fingerprint density at radius 1 is 1.43 bits per heavy atom. The van der Waals surface area contributed by atoms with Crippen molar-refractivity contribution in [3.05, 3.63) is 46.0 Å². The topological polar surface area (TPSA) is 94.0 Å². The third kappa shape index (κ3) is 3.07. The molecule has 21 heavy (non-hydrogen) atoms. The van der Waals surface area contributed by atoms with Crippen LogP contribution in [-0.2, 0) is 0 Å². The second-order valence-corrected chi connectivity index (χ2v) is 6.14. The van der Waals surface area contributed by atoms with Crippen molar-refractivity contribution in [2.45, 2.75) is 31.2 Å². The zero-order chi connectivity index (χ0) is 15.0. The Labute approximate surface area is 130 Å². The molecule has 1 aliphatic rings. The SMILES string of the molecule is CC(NC(N)=O)c1noc(C2CC2c2ccc(Br)cc2)n1. The van der Waals surface area contributed by atoms with E-state index >= 15 is 0 Å². The van der Waals surface area contributed by atoms with E-state index in [0.717, 1.165) is 10.9 Å². The van der Waals surface area contributed by atoms with E-state index in [9.17, 15) is 4.79 Å². The summed E-state index contributed by atoms with van der Waals surface area (Å²) in [6, 6.07) is 7.30. The van der Waals surface area contributed by atoms with Crippen LogP contribution in [0.4, 0.5) is 4.79 Å². The van der Waals surface area contributed by atoms with E-state index in [1.807, 2.05) is 12.1 Å². The van der Waals surface area contributed by atoms with Crippen LogP contribution in [0.15, 0.2) is 33.3 Å². The maximum absolute atomic E-state index is 10.8. The first-order valence-corrected chi connectivity index (χ1v) is 7.49. The second-order valence-electron chi connectivity index (χ2n) is 5.22. The maximum atomic E-state index is 10.8. The number of urea groups is 1. The van der Waals surface area contributed by atoms with Crippen molar-refractivity contribution in [3.63, 3.8) is 0 Å². The number of nitrogens with one attached hydrogen (secondary N) is 1. The van der Waals surface area contributed by atoms with E-state index in [4.69, 9.17) is 10.3 Å². The van der Waals surface area contributed by atoms with Crippen LogP contribution in [0.2, 0.25) is 0 Å². The number of amides is 2. The average Bonchev–Trinajstić information content (AvgIpc) is 3.07. The number of hydrogen-bond donors (Lipinski definition) is 2. The number of primary amides is 1. The summed E-state index contributed by atoms with van der Waals surface area (Å²) in [4.78, 5) is 15.2. The molecule has 110 valence electrons. The molecule has 3 atom stereocenters. The number of nitrogens with zero attached hydrogens (tertiary/aromatic N) is 2. The molecular formula is C14H15BrN4O2. The van der Waals surface area contributed by atoms with Gasteiger partial charge in [0.15, 0.2) is 5.82 Å². The van der Waals surface area contributed by atoms with E-state index in [0.29, 0.717) is 17.6 Å². The summed E-state index contributed by atoms with van der Waals surface area (Å²) in [5, 5.41) is 6.44. The third-order valence-electron chi connectivity index (χ3n) is 3.61. The first-order chi connectivity index (χ1) is 10.0. The van der Waals surface area contributed by atoms with Gasteiger partial charge < -0.3 is 15.6 Å². The van der Waals surface area contributed by atoms with Gasteiger partial charge in [-0.15, -0.1) is 0 Å². The zero-order valence-electron chi connectivity index (χ0n) is 11.4. The molecule has 1 heterocycles. The van der Waals surface area contributed by atoms with Crippen molar-refractivity contribution in [3.8, 4) is 0 Å². The quantitative estimate of drug-likeness (QED) is 0.886. The van der Waals surface area contributed by atoms with Gasteiger partial charge in [0.1, 0.15) is 0 Å². The van der Waals surface area contributed by atoms with Gasteiger partial charge in [0.05, 0.1) is 6.04 Å². The number of benzene rings is 1. The van der Waals surface area contributed by atoms with E-state index in [-0.39, 0.29) is 12.0 Å². The van der Waals surface area contributed by atoms with Gasteiger partial charge in [0, 0.05) is 10.4 Å². The third-order valence-corrected chi connectivity index (χ3v) is 4.14. The van der Waals surface area contributed by atoms with Gasteiger partial charge in [-0.3, -0.25) is 0 Å². The van der Waals surface area contributed by atoms with E-state index < -0.39 is 6.03 Å². The van der Waals surface area contributed by atoms with Crippen LogP contribution in [0.3, 0.4) is 0 Å². The molecule has 1 aromatic carbocycles. The maximum Gasteiger partial charge on any atom is 0.312 e. The molecule has 0 bridgehead atoms. The lowest BCUT2D eigenvalue weighted by Crippen LogP contribution is -2.32. The molecule has 1 aliphatic carbocycles.